The maximum atomic E-state index is 12.6. The first-order valence-electron chi connectivity index (χ1n) is 7.65. The molecule has 3 N–H and O–H groups in total. The minimum atomic E-state index is -1.49. The van der Waals surface area contributed by atoms with Crippen LogP contribution in [0.1, 0.15) is 34.8 Å². The molecule has 0 aliphatic heterocycles. The summed E-state index contributed by atoms with van der Waals surface area (Å²) >= 11 is 0. The summed E-state index contributed by atoms with van der Waals surface area (Å²) in [5, 5.41) is 26.7. The third kappa shape index (κ3) is 3.21. The molecule has 1 atom stereocenters. The summed E-state index contributed by atoms with van der Waals surface area (Å²) in [4.78, 5) is 12.6. The predicted octanol–water partition coefficient (Wildman–Crippen LogP) is 0.311. The number of pyridine rings is 1. The fourth-order valence-electron chi connectivity index (χ4n) is 2.65. The van der Waals surface area contributed by atoms with Crippen molar-refractivity contribution in [3.63, 3.8) is 0 Å². The number of aliphatic hydroxyl groups is 2. The lowest BCUT2D eigenvalue weighted by molar-refractivity contribution is -0.0634. The molecule has 2 heterocycles. The number of carbonyl (C=O) groups excluding carboxylic acids is 1. The lowest BCUT2D eigenvalue weighted by Gasteiger charge is -2.25. The predicted molar refractivity (Wildman–Crippen MR) is 83.4 cm³/mol. The normalized spacial score (nSPS) is 17.2. The summed E-state index contributed by atoms with van der Waals surface area (Å²) in [6.07, 6.45) is 3.88. The van der Waals surface area contributed by atoms with E-state index in [4.69, 9.17) is 4.74 Å². The standard InChI is InChI=1S/C16H21N3O4/c1-23-10-16(22,9-20)8-17-15(21)13-12-4-2-3-7-19(12)18-14(13)11-5-6-11/h2-4,7,11,20,22H,5-6,8-10H2,1H3,(H,17,21). The van der Waals surface area contributed by atoms with Crippen molar-refractivity contribution < 1.29 is 19.7 Å². The number of fused-ring (bicyclic) bond motifs is 1. The molecule has 2 aromatic rings. The van der Waals surface area contributed by atoms with Crippen LogP contribution in [-0.4, -0.2) is 58.2 Å². The summed E-state index contributed by atoms with van der Waals surface area (Å²) in [5.41, 5.74) is 0.595. The first-order valence-corrected chi connectivity index (χ1v) is 7.65. The van der Waals surface area contributed by atoms with E-state index in [9.17, 15) is 15.0 Å². The molecule has 1 aliphatic rings. The number of nitrogens with one attached hydrogen (secondary N) is 1. The molecular formula is C16H21N3O4. The Balaban J connectivity index is 1.84. The highest BCUT2D eigenvalue weighted by atomic mass is 16.5. The van der Waals surface area contributed by atoms with Crippen molar-refractivity contribution in [1.29, 1.82) is 0 Å². The lowest BCUT2D eigenvalue weighted by atomic mass is 10.1. The Hall–Kier alpha value is -1.96. The van der Waals surface area contributed by atoms with E-state index in [1.54, 1.807) is 4.52 Å². The Bertz CT molecular complexity index is 710. The molecule has 7 heteroatoms. The molecule has 23 heavy (non-hydrogen) atoms. The summed E-state index contributed by atoms with van der Waals surface area (Å²) in [6.45, 7) is -0.649. The monoisotopic (exact) mass is 319 g/mol. The van der Waals surface area contributed by atoms with Crippen molar-refractivity contribution in [2.75, 3.05) is 26.9 Å². The zero-order chi connectivity index (χ0) is 16.4. The van der Waals surface area contributed by atoms with Gasteiger partial charge in [-0.2, -0.15) is 5.10 Å². The van der Waals surface area contributed by atoms with Gasteiger partial charge in [-0.1, -0.05) is 6.07 Å². The molecule has 124 valence electrons. The number of aliphatic hydroxyl groups excluding tert-OH is 1. The average Bonchev–Trinajstić information content (AvgIpc) is 3.33. The van der Waals surface area contributed by atoms with Crippen LogP contribution in [0.5, 0.6) is 0 Å². The first kappa shape index (κ1) is 15.9. The van der Waals surface area contributed by atoms with Crippen LogP contribution in [0.15, 0.2) is 24.4 Å². The van der Waals surface area contributed by atoms with E-state index in [0.717, 1.165) is 24.1 Å². The van der Waals surface area contributed by atoms with Crippen molar-refractivity contribution in [1.82, 2.24) is 14.9 Å². The zero-order valence-corrected chi connectivity index (χ0v) is 13.0. The number of amides is 1. The van der Waals surface area contributed by atoms with Crippen molar-refractivity contribution in [3.05, 3.63) is 35.7 Å². The number of ether oxygens (including phenoxy) is 1. The number of hydrogen-bond donors (Lipinski definition) is 3. The van der Waals surface area contributed by atoms with Crippen LogP contribution in [-0.2, 0) is 4.74 Å². The van der Waals surface area contributed by atoms with Gasteiger partial charge >= 0.3 is 0 Å². The topological polar surface area (TPSA) is 96.1 Å². The van der Waals surface area contributed by atoms with E-state index in [1.165, 1.54) is 7.11 Å². The molecule has 0 bridgehead atoms. The smallest absolute Gasteiger partial charge is 0.255 e. The summed E-state index contributed by atoms with van der Waals surface area (Å²) in [5.74, 6) is 0.0300. The Morgan fingerprint density at radius 3 is 2.96 bits per heavy atom. The molecule has 0 saturated heterocycles. The Kier molecular flexibility index (Phi) is 4.34. The molecular weight excluding hydrogens is 298 g/mol. The zero-order valence-electron chi connectivity index (χ0n) is 13.0. The van der Waals surface area contributed by atoms with Gasteiger partial charge in [0.1, 0.15) is 5.60 Å². The number of methoxy groups -OCH3 is 1. The van der Waals surface area contributed by atoms with Crippen molar-refractivity contribution in [2.24, 2.45) is 0 Å². The minimum Gasteiger partial charge on any atom is -0.393 e. The molecule has 1 amide bonds. The highest BCUT2D eigenvalue weighted by molar-refractivity contribution is 6.02. The molecule has 1 fully saturated rings. The average molecular weight is 319 g/mol. The molecule has 2 aromatic heterocycles. The van der Waals surface area contributed by atoms with Crippen LogP contribution >= 0.6 is 0 Å². The van der Waals surface area contributed by atoms with Gasteiger partial charge in [-0.15, -0.1) is 0 Å². The Labute approximate surface area is 133 Å². The number of rotatable bonds is 7. The van der Waals surface area contributed by atoms with Crippen molar-refractivity contribution >= 4 is 11.4 Å². The van der Waals surface area contributed by atoms with Gasteiger partial charge in [0, 0.05) is 19.2 Å². The van der Waals surface area contributed by atoms with Crippen LogP contribution in [0.25, 0.3) is 5.52 Å². The molecule has 7 nitrogen and oxygen atoms in total. The maximum absolute atomic E-state index is 12.6. The van der Waals surface area contributed by atoms with Crippen LogP contribution in [0.3, 0.4) is 0 Å². The van der Waals surface area contributed by atoms with E-state index in [2.05, 4.69) is 10.4 Å². The summed E-state index contributed by atoms with van der Waals surface area (Å²) in [6, 6.07) is 5.57. The largest absolute Gasteiger partial charge is 0.393 e. The maximum Gasteiger partial charge on any atom is 0.255 e. The van der Waals surface area contributed by atoms with Gasteiger partial charge < -0.3 is 20.3 Å². The molecule has 3 rings (SSSR count). The molecule has 0 radical (unpaired) electrons. The van der Waals surface area contributed by atoms with Crippen molar-refractivity contribution in [2.45, 2.75) is 24.4 Å². The molecule has 0 spiro atoms. The Morgan fingerprint density at radius 2 is 2.30 bits per heavy atom. The fraction of sp³-hybridized carbons (Fsp3) is 0.500. The SMILES string of the molecule is COCC(O)(CO)CNC(=O)c1c(C2CC2)nn2ccccc12. The summed E-state index contributed by atoms with van der Waals surface area (Å²) < 4.78 is 6.59. The highest BCUT2D eigenvalue weighted by Crippen LogP contribution is 2.41. The van der Waals surface area contributed by atoms with E-state index in [1.807, 2.05) is 24.4 Å². The second-order valence-corrected chi connectivity index (χ2v) is 6.06. The third-order valence-electron chi connectivity index (χ3n) is 4.04. The fourth-order valence-corrected chi connectivity index (χ4v) is 2.65. The van der Waals surface area contributed by atoms with E-state index < -0.39 is 12.2 Å². The second kappa shape index (κ2) is 6.27. The molecule has 1 saturated carbocycles. The van der Waals surface area contributed by atoms with Crippen LogP contribution in [0.2, 0.25) is 0 Å². The van der Waals surface area contributed by atoms with Crippen molar-refractivity contribution in [3.8, 4) is 0 Å². The van der Waals surface area contributed by atoms with E-state index >= 15 is 0 Å². The van der Waals surface area contributed by atoms with Crippen LogP contribution in [0, 0.1) is 0 Å². The van der Waals surface area contributed by atoms with Crippen LogP contribution < -0.4 is 5.32 Å². The van der Waals surface area contributed by atoms with Gasteiger partial charge in [-0.25, -0.2) is 4.52 Å². The quantitative estimate of drug-likeness (QED) is 0.683. The Morgan fingerprint density at radius 1 is 1.52 bits per heavy atom. The minimum absolute atomic E-state index is 0.0615. The van der Waals surface area contributed by atoms with E-state index in [-0.39, 0.29) is 19.1 Å². The number of aromatic nitrogens is 2. The number of hydrogen-bond acceptors (Lipinski definition) is 5. The number of carbonyl (C=O) groups is 1. The van der Waals surface area contributed by atoms with Crippen LogP contribution in [0.4, 0.5) is 0 Å². The molecule has 1 aliphatic carbocycles. The molecule has 1 unspecified atom stereocenters. The van der Waals surface area contributed by atoms with Gasteiger partial charge in [-0.05, 0) is 25.0 Å². The lowest BCUT2D eigenvalue weighted by Crippen LogP contribution is -2.49. The van der Waals surface area contributed by atoms with E-state index in [0.29, 0.717) is 11.5 Å². The summed E-state index contributed by atoms with van der Waals surface area (Å²) in [7, 11) is 1.43. The number of nitrogens with zero attached hydrogens (tertiary/aromatic N) is 2. The third-order valence-corrected chi connectivity index (χ3v) is 4.04. The van der Waals surface area contributed by atoms with Gasteiger partial charge in [-0.3, -0.25) is 4.79 Å². The van der Waals surface area contributed by atoms with Gasteiger partial charge in [0.05, 0.1) is 36.5 Å². The van der Waals surface area contributed by atoms with Gasteiger partial charge in [0.2, 0.25) is 0 Å². The van der Waals surface area contributed by atoms with Gasteiger partial charge in [0.25, 0.3) is 5.91 Å². The first-order chi connectivity index (χ1) is 11.1. The second-order valence-electron chi connectivity index (χ2n) is 6.06. The van der Waals surface area contributed by atoms with Gasteiger partial charge in [0.15, 0.2) is 0 Å². The highest BCUT2D eigenvalue weighted by Gasteiger charge is 2.34. The molecule has 0 aromatic carbocycles.